The minimum Gasteiger partial charge on any atom is -0.505 e. The lowest BCUT2D eigenvalue weighted by Crippen LogP contribution is -2.42. The van der Waals surface area contributed by atoms with Crippen molar-refractivity contribution in [2.45, 2.75) is 18.9 Å². The van der Waals surface area contributed by atoms with E-state index in [2.05, 4.69) is 0 Å². The number of amides is 1. The number of carbonyl (C=O) groups excluding carboxylic acids is 1. The van der Waals surface area contributed by atoms with Crippen molar-refractivity contribution in [3.63, 3.8) is 0 Å². The Bertz CT molecular complexity index is 450. The van der Waals surface area contributed by atoms with Crippen LogP contribution in [0.2, 0.25) is 0 Å². The summed E-state index contributed by atoms with van der Waals surface area (Å²) in [6, 6.07) is 3.64. The fourth-order valence-electron chi connectivity index (χ4n) is 2.14. The van der Waals surface area contributed by atoms with Crippen LogP contribution in [0, 0.1) is 5.82 Å². The zero-order valence-corrected chi connectivity index (χ0v) is 10.2. The molecule has 1 amide bonds. The zero-order chi connectivity index (χ0) is 13.1. The van der Waals surface area contributed by atoms with Gasteiger partial charge in [-0.2, -0.15) is 0 Å². The Labute approximate surface area is 105 Å². The van der Waals surface area contributed by atoms with Crippen molar-refractivity contribution >= 4 is 5.91 Å². The number of rotatable bonds is 2. The summed E-state index contributed by atoms with van der Waals surface area (Å²) in [7, 11) is 1.63. The first-order valence-electron chi connectivity index (χ1n) is 5.92. The topological polar surface area (TPSA) is 49.8 Å². The van der Waals surface area contributed by atoms with Crippen molar-refractivity contribution in [2.75, 3.05) is 20.2 Å². The maximum absolute atomic E-state index is 12.9. The second-order valence-electron chi connectivity index (χ2n) is 4.42. The highest BCUT2D eigenvalue weighted by atomic mass is 19.1. The van der Waals surface area contributed by atoms with E-state index >= 15 is 0 Å². The number of hydrogen-bond donors (Lipinski definition) is 1. The van der Waals surface area contributed by atoms with Gasteiger partial charge >= 0.3 is 0 Å². The number of phenols is 1. The molecular formula is C13H16FNO3. The van der Waals surface area contributed by atoms with Crippen molar-refractivity contribution in [3.05, 3.63) is 29.6 Å². The summed E-state index contributed by atoms with van der Waals surface area (Å²) in [5.74, 6) is -1.42. The van der Waals surface area contributed by atoms with Gasteiger partial charge in [0.2, 0.25) is 0 Å². The van der Waals surface area contributed by atoms with E-state index in [9.17, 15) is 14.3 Å². The first-order valence-corrected chi connectivity index (χ1v) is 5.92. The molecule has 1 fully saturated rings. The lowest BCUT2D eigenvalue weighted by Gasteiger charge is -2.32. The third kappa shape index (κ3) is 2.61. The lowest BCUT2D eigenvalue weighted by atomic mass is 10.1. The quantitative estimate of drug-likeness (QED) is 0.874. The molecule has 1 aliphatic rings. The molecule has 0 aromatic heterocycles. The summed E-state index contributed by atoms with van der Waals surface area (Å²) in [5, 5.41) is 9.28. The van der Waals surface area contributed by atoms with Crippen LogP contribution in [0.5, 0.6) is 5.75 Å². The summed E-state index contributed by atoms with van der Waals surface area (Å²) in [5.41, 5.74) is 0.297. The molecule has 98 valence electrons. The Morgan fingerprint density at radius 2 is 2.33 bits per heavy atom. The van der Waals surface area contributed by atoms with E-state index in [1.165, 1.54) is 6.07 Å². The maximum atomic E-state index is 12.9. The molecule has 0 radical (unpaired) electrons. The number of methoxy groups -OCH3 is 1. The van der Waals surface area contributed by atoms with E-state index in [0.29, 0.717) is 18.7 Å². The Morgan fingerprint density at radius 3 is 3.00 bits per heavy atom. The van der Waals surface area contributed by atoms with Crippen molar-refractivity contribution in [1.82, 2.24) is 4.90 Å². The van der Waals surface area contributed by atoms with Gasteiger partial charge in [0.1, 0.15) is 0 Å². The van der Waals surface area contributed by atoms with E-state index in [0.717, 1.165) is 25.0 Å². The van der Waals surface area contributed by atoms with Crippen molar-refractivity contribution in [1.29, 1.82) is 0 Å². The molecule has 1 heterocycles. The molecule has 2 rings (SSSR count). The molecule has 0 aliphatic carbocycles. The fraction of sp³-hybridized carbons (Fsp3) is 0.462. The molecule has 0 unspecified atom stereocenters. The number of piperidine rings is 1. The summed E-state index contributed by atoms with van der Waals surface area (Å²) < 4.78 is 18.2. The first-order chi connectivity index (χ1) is 8.61. The second-order valence-corrected chi connectivity index (χ2v) is 4.42. The Kier molecular flexibility index (Phi) is 3.81. The van der Waals surface area contributed by atoms with Crippen LogP contribution >= 0.6 is 0 Å². The molecule has 1 atom stereocenters. The van der Waals surface area contributed by atoms with Crippen molar-refractivity contribution < 1.29 is 19.0 Å². The number of aromatic hydroxyl groups is 1. The van der Waals surface area contributed by atoms with Gasteiger partial charge in [0.15, 0.2) is 11.6 Å². The lowest BCUT2D eigenvalue weighted by molar-refractivity contribution is 0.0268. The standard InChI is InChI=1S/C13H16FNO3/c1-18-10-3-2-6-15(8-10)13(17)9-4-5-11(14)12(16)7-9/h4-5,7,10,16H,2-3,6,8H2,1H3/t10-/m1/s1. The van der Waals surface area contributed by atoms with Crippen LogP contribution in [0.15, 0.2) is 18.2 Å². The molecule has 0 saturated carbocycles. The van der Waals surface area contributed by atoms with Crippen molar-refractivity contribution in [3.8, 4) is 5.75 Å². The maximum Gasteiger partial charge on any atom is 0.254 e. The van der Waals surface area contributed by atoms with Crippen LogP contribution < -0.4 is 0 Å². The summed E-state index contributed by atoms with van der Waals surface area (Å²) in [4.78, 5) is 13.8. The number of carbonyl (C=O) groups is 1. The molecule has 18 heavy (non-hydrogen) atoms. The SMILES string of the molecule is CO[C@@H]1CCCN(C(=O)c2ccc(F)c(O)c2)C1. The van der Waals surface area contributed by atoms with Crippen LogP contribution in [0.4, 0.5) is 4.39 Å². The molecule has 1 aromatic carbocycles. The predicted molar refractivity (Wildman–Crippen MR) is 64.0 cm³/mol. The minimum atomic E-state index is -0.722. The average Bonchev–Trinajstić information content (AvgIpc) is 2.41. The van der Waals surface area contributed by atoms with Crippen LogP contribution in [0.25, 0.3) is 0 Å². The second kappa shape index (κ2) is 5.35. The highest BCUT2D eigenvalue weighted by Gasteiger charge is 2.24. The number of hydrogen-bond acceptors (Lipinski definition) is 3. The molecule has 5 heteroatoms. The van der Waals surface area contributed by atoms with Gasteiger partial charge in [0.25, 0.3) is 5.91 Å². The van der Waals surface area contributed by atoms with Gasteiger partial charge in [-0.15, -0.1) is 0 Å². The third-order valence-corrected chi connectivity index (χ3v) is 3.19. The van der Waals surface area contributed by atoms with Gasteiger partial charge in [-0.25, -0.2) is 4.39 Å². The molecule has 1 aliphatic heterocycles. The monoisotopic (exact) mass is 253 g/mol. The molecule has 1 aromatic rings. The number of benzene rings is 1. The fourth-order valence-corrected chi connectivity index (χ4v) is 2.14. The number of likely N-dealkylation sites (tertiary alicyclic amines) is 1. The van der Waals surface area contributed by atoms with Crippen molar-refractivity contribution in [2.24, 2.45) is 0 Å². The minimum absolute atomic E-state index is 0.0525. The van der Waals surface area contributed by atoms with E-state index < -0.39 is 11.6 Å². The largest absolute Gasteiger partial charge is 0.505 e. The van der Waals surface area contributed by atoms with Crippen LogP contribution in [0.3, 0.4) is 0 Å². The van der Waals surface area contributed by atoms with E-state index in [4.69, 9.17) is 4.74 Å². The normalized spacial score (nSPS) is 19.9. The van der Waals surface area contributed by atoms with Gasteiger partial charge in [-0.1, -0.05) is 0 Å². The summed E-state index contributed by atoms with van der Waals surface area (Å²) >= 11 is 0. The zero-order valence-electron chi connectivity index (χ0n) is 10.2. The number of ether oxygens (including phenoxy) is 1. The molecule has 0 spiro atoms. The smallest absolute Gasteiger partial charge is 0.254 e. The van der Waals surface area contributed by atoms with Gasteiger partial charge in [0.05, 0.1) is 6.10 Å². The van der Waals surface area contributed by atoms with Gasteiger partial charge in [-0.05, 0) is 31.0 Å². The predicted octanol–water partition coefficient (Wildman–Crippen LogP) is 1.78. The Hall–Kier alpha value is -1.62. The van der Waals surface area contributed by atoms with Crippen LogP contribution in [-0.2, 0) is 4.74 Å². The van der Waals surface area contributed by atoms with Gasteiger partial charge in [-0.3, -0.25) is 4.79 Å². The molecule has 1 N–H and O–H groups in total. The number of halogens is 1. The molecule has 4 nitrogen and oxygen atoms in total. The van der Waals surface area contributed by atoms with Crippen LogP contribution in [0.1, 0.15) is 23.2 Å². The number of nitrogens with zero attached hydrogens (tertiary/aromatic N) is 1. The molecular weight excluding hydrogens is 237 g/mol. The first kappa shape index (κ1) is 12.8. The highest BCUT2D eigenvalue weighted by Crippen LogP contribution is 2.20. The van der Waals surface area contributed by atoms with Gasteiger partial charge in [0, 0.05) is 25.8 Å². The number of phenolic OH excluding ortho intramolecular Hbond substituents is 1. The third-order valence-electron chi connectivity index (χ3n) is 3.19. The van der Waals surface area contributed by atoms with E-state index in [-0.39, 0.29) is 12.0 Å². The molecule has 0 bridgehead atoms. The van der Waals surface area contributed by atoms with E-state index in [1.54, 1.807) is 12.0 Å². The highest BCUT2D eigenvalue weighted by molar-refractivity contribution is 5.94. The van der Waals surface area contributed by atoms with Gasteiger partial charge < -0.3 is 14.7 Å². The average molecular weight is 253 g/mol. The van der Waals surface area contributed by atoms with Crippen LogP contribution in [-0.4, -0.2) is 42.2 Å². The summed E-state index contributed by atoms with van der Waals surface area (Å²) in [6.07, 6.45) is 1.88. The Morgan fingerprint density at radius 1 is 1.56 bits per heavy atom. The summed E-state index contributed by atoms with van der Waals surface area (Å²) in [6.45, 7) is 1.20. The molecule has 1 saturated heterocycles. The van der Waals surface area contributed by atoms with E-state index in [1.807, 2.05) is 0 Å². The Balaban J connectivity index is 2.12.